The van der Waals surface area contributed by atoms with Crippen LogP contribution in [0.3, 0.4) is 0 Å². The van der Waals surface area contributed by atoms with E-state index in [4.69, 9.17) is 0 Å². The van der Waals surface area contributed by atoms with Crippen molar-refractivity contribution in [3.63, 3.8) is 0 Å². The lowest BCUT2D eigenvalue weighted by Crippen LogP contribution is -2.33. The minimum absolute atomic E-state index is 0.101. The summed E-state index contributed by atoms with van der Waals surface area (Å²) in [5, 5.41) is 6.21. The molecule has 0 bridgehead atoms. The molecule has 0 fully saturated rings. The zero-order valence-corrected chi connectivity index (χ0v) is 17.5. The van der Waals surface area contributed by atoms with Crippen LogP contribution in [0.25, 0.3) is 5.69 Å². The molecule has 3 aromatic rings. The first kappa shape index (κ1) is 19.8. The molecule has 156 valence electrons. The number of hydrogen-bond donors (Lipinski definition) is 2. The van der Waals surface area contributed by atoms with Gasteiger partial charge in [-0.3, -0.25) is 4.79 Å². The zero-order chi connectivity index (χ0) is 21.1. The first-order valence-corrected chi connectivity index (χ1v) is 10.0. The number of nitrogens with one attached hydrogen (secondary N) is 2. The average Bonchev–Trinajstić information content (AvgIpc) is 3.18. The number of aromatic nitrogens is 4. The summed E-state index contributed by atoms with van der Waals surface area (Å²) in [5.74, 6) is 1.08. The molecule has 0 saturated heterocycles. The zero-order valence-electron chi connectivity index (χ0n) is 17.5. The van der Waals surface area contributed by atoms with Gasteiger partial charge in [0.05, 0.1) is 12.0 Å². The first-order chi connectivity index (χ1) is 14.6. The fraction of sp³-hybridized carbons (Fsp3) is 0.333. The smallest absolute Gasteiger partial charge is 0.263 e. The summed E-state index contributed by atoms with van der Waals surface area (Å²) in [5.41, 5.74) is 3.24. The highest BCUT2D eigenvalue weighted by molar-refractivity contribution is 6.09. The fourth-order valence-corrected chi connectivity index (χ4v) is 3.51. The molecule has 2 aromatic heterocycles. The van der Waals surface area contributed by atoms with E-state index < -0.39 is 0 Å². The normalized spacial score (nSPS) is 13.9. The molecule has 9 heteroatoms. The van der Waals surface area contributed by atoms with Gasteiger partial charge < -0.3 is 25.0 Å². The number of hydrogen-bond acceptors (Lipinski definition) is 7. The van der Waals surface area contributed by atoms with E-state index in [2.05, 4.69) is 25.6 Å². The van der Waals surface area contributed by atoms with Crippen molar-refractivity contribution < 1.29 is 4.79 Å². The molecule has 1 aliphatic rings. The van der Waals surface area contributed by atoms with Crippen LogP contribution in [0.5, 0.6) is 0 Å². The van der Waals surface area contributed by atoms with Crippen molar-refractivity contribution >= 4 is 23.4 Å². The monoisotopic (exact) mass is 406 g/mol. The Morgan fingerprint density at radius 3 is 2.80 bits per heavy atom. The standard InChI is InChI=1S/C21H26N8O/c1-4-23-21-24-12-18-19(26-21)27(3)8-9-29(20(18)30)17-7-5-6-16(10-17)28-13-15(11-22-2)25-14-28/h5-7,10,12-14,22H,4,8-9,11H2,1-3H3,(H,23,24,26). The lowest BCUT2D eigenvalue weighted by atomic mass is 10.2. The van der Waals surface area contributed by atoms with Crippen LogP contribution in [0.2, 0.25) is 0 Å². The van der Waals surface area contributed by atoms with Crippen LogP contribution in [-0.2, 0) is 6.54 Å². The Kier molecular flexibility index (Phi) is 5.62. The topological polar surface area (TPSA) is 91.2 Å². The number of carbonyl (C=O) groups is 1. The average molecular weight is 406 g/mol. The second-order valence-corrected chi connectivity index (χ2v) is 7.16. The van der Waals surface area contributed by atoms with E-state index >= 15 is 0 Å². The molecule has 0 unspecified atom stereocenters. The van der Waals surface area contributed by atoms with Crippen molar-refractivity contribution in [1.82, 2.24) is 24.8 Å². The van der Waals surface area contributed by atoms with E-state index in [9.17, 15) is 4.79 Å². The number of amides is 1. The van der Waals surface area contributed by atoms with Crippen molar-refractivity contribution in [3.8, 4) is 5.69 Å². The minimum Gasteiger partial charge on any atom is -0.357 e. The van der Waals surface area contributed by atoms with Crippen LogP contribution < -0.4 is 20.4 Å². The largest absolute Gasteiger partial charge is 0.357 e. The third-order valence-corrected chi connectivity index (χ3v) is 5.03. The summed E-state index contributed by atoms with van der Waals surface area (Å²) in [4.78, 5) is 30.4. The Morgan fingerprint density at radius 2 is 2.00 bits per heavy atom. The van der Waals surface area contributed by atoms with E-state index in [0.29, 0.717) is 37.0 Å². The quantitative estimate of drug-likeness (QED) is 0.646. The number of anilines is 3. The van der Waals surface area contributed by atoms with Gasteiger partial charge in [-0.25, -0.2) is 9.97 Å². The highest BCUT2D eigenvalue weighted by atomic mass is 16.2. The molecule has 3 heterocycles. The van der Waals surface area contributed by atoms with E-state index in [1.165, 1.54) is 0 Å². The van der Waals surface area contributed by atoms with E-state index in [0.717, 1.165) is 23.6 Å². The van der Waals surface area contributed by atoms with E-state index in [1.807, 2.05) is 60.9 Å². The second kappa shape index (κ2) is 8.50. The van der Waals surface area contributed by atoms with Gasteiger partial charge in [0.25, 0.3) is 5.91 Å². The van der Waals surface area contributed by atoms with Crippen LogP contribution in [0.15, 0.2) is 43.0 Å². The molecular formula is C21H26N8O. The molecule has 0 radical (unpaired) electrons. The SMILES string of the molecule is CCNc1ncc2c(n1)N(C)CCN(c1cccc(-n3cnc(CNC)c3)c1)C2=O. The highest BCUT2D eigenvalue weighted by Gasteiger charge is 2.28. The third kappa shape index (κ3) is 3.84. The van der Waals surface area contributed by atoms with Crippen LogP contribution in [-0.4, -0.2) is 59.2 Å². The molecule has 0 saturated carbocycles. The summed E-state index contributed by atoms with van der Waals surface area (Å²) in [6.07, 6.45) is 5.38. The number of imidazole rings is 1. The lowest BCUT2D eigenvalue weighted by Gasteiger charge is -2.21. The van der Waals surface area contributed by atoms with Gasteiger partial charge in [0.15, 0.2) is 0 Å². The Labute approximate surface area is 175 Å². The lowest BCUT2D eigenvalue weighted by molar-refractivity contribution is 0.0989. The second-order valence-electron chi connectivity index (χ2n) is 7.16. The molecule has 4 rings (SSSR count). The summed E-state index contributed by atoms with van der Waals surface area (Å²) >= 11 is 0. The maximum atomic E-state index is 13.4. The molecule has 30 heavy (non-hydrogen) atoms. The number of likely N-dealkylation sites (N-methyl/N-ethyl adjacent to an activating group) is 1. The Morgan fingerprint density at radius 1 is 1.17 bits per heavy atom. The first-order valence-electron chi connectivity index (χ1n) is 10.0. The van der Waals surface area contributed by atoms with Gasteiger partial charge in [-0.1, -0.05) is 6.07 Å². The molecule has 0 atom stereocenters. The van der Waals surface area contributed by atoms with Gasteiger partial charge in [-0.2, -0.15) is 4.98 Å². The Balaban J connectivity index is 1.66. The minimum atomic E-state index is -0.101. The molecule has 9 nitrogen and oxygen atoms in total. The molecular weight excluding hydrogens is 380 g/mol. The molecule has 1 aliphatic heterocycles. The van der Waals surface area contributed by atoms with Gasteiger partial charge in [0.2, 0.25) is 5.95 Å². The predicted molar refractivity (Wildman–Crippen MR) is 117 cm³/mol. The van der Waals surface area contributed by atoms with Gasteiger partial charge in [-0.15, -0.1) is 0 Å². The van der Waals surface area contributed by atoms with Crippen molar-refractivity contribution in [2.24, 2.45) is 0 Å². The maximum Gasteiger partial charge on any atom is 0.263 e. The van der Waals surface area contributed by atoms with Crippen molar-refractivity contribution in [3.05, 3.63) is 54.2 Å². The summed E-state index contributed by atoms with van der Waals surface area (Å²) < 4.78 is 1.96. The van der Waals surface area contributed by atoms with Crippen LogP contribution in [0, 0.1) is 0 Å². The number of nitrogens with zero attached hydrogens (tertiary/aromatic N) is 6. The van der Waals surface area contributed by atoms with Crippen LogP contribution in [0.4, 0.5) is 17.5 Å². The van der Waals surface area contributed by atoms with Crippen LogP contribution in [0.1, 0.15) is 23.0 Å². The van der Waals surface area contributed by atoms with Gasteiger partial charge in [0, 0.05) is 57.0 Å². The van der Waals surface area contributed by atoms with E-state index in [1.54, 1.807) is 17.4 Å². The van der Waals surface area contributed by atoms with Gasteiger partial charge in [0.1, 0.15) is 11.4 Å². The molecule has 1 amide bonds. The number of fused-ring (bicyclic) bond motifs is 1. The highest BCUT2D eigenvalue weighted by Crippen LogP contribution is 2.27. The van der Waals surface area contributed by atoms with E-state index in [-0.39, 0.29) is 5.91 Å². The van der Waals surface area contributed by atoms with Gasteiger partial charge in [-0.05, 0) is 32.2 Å². The molecule has 2 N–H and O–H groups in total. The van der Waals surface area contributed by atoms with Crippen molar-refractivity contribution in [1.29, 1.82) is 0 Å². The van der Waals surface area contributed by atoms with Crippen LogP contribution >= 0.6 is 0 Å². The Hall–Kier alpha value is -3.46. The van der Waals surface area contributed by atoms with Gasteiger partial charge >= 0.3 is 0 Å². The van der Waals surface area contributed by atoms with Crippen molar-refractivity contribution in [2.45, 2.75) is 13.5 Å². The predicted octanol–water partition coefficient (Wildman–Crippen LogP) is 1.91. The number of rotatable bonds is 6. The summed E-state index contributed by atoms with van der Waals surface area (Å²) in [6, 6.07) is 7.91. The van der Waals surface area contributed by atoms with Crippen molar-refractivity contribution in [2.75, 3.05) is 48.8 Å². The fourth-order valence-electron chi connectivity index (χ4n) is 3.51. The summed E-state index contributed by atoms with van der Waals surface area (Å²) in [7, 11) is 3.84. The Bertz CT molecular complexity index is 1050. The number of carbonyl (C=O) groups excluding carboxylic acids is 1. The molecule has 0 aliphatic carbocycles. The third-order valence-electron chi connectivity index (χ3n) is 5.03. The summed E-state index contributed by atoms with van der Waals surface area (Å²) in [6.45, 7) is 4.64. The molecule has 0 spiro atoms. The molecule has 1 aromatic carbocycles. The maximum absolute atomic E-state index is 13.4. The number of benzene rings is 1.